The molecule has 1 aliphatic heterocycles. The Morgan fingerprint density at radius 1 is 1.16 bits per heavy atom. The van der Waals surface area contributed by atoms with Crippen molar-refractivity contribution in [3.63, 3.8) is 0 Å². The summed E-state index contributed by atoms with van der Waals surface area (Å²) < 4.78 is 11.0. The molecule has 2 aliphatic rings. The molecule has 1 amide bonds. The van der Waals surface area contributed by atoms with Crippen LogP contribution in [0.5, 0.6) is 0 Å². The van der Waals surface area contributed by atoms with Crippen molar-refractivity contribution < 1.29 is 13.9 Å². The second-order valence-electron chi connectivity index (χ2n) is 6.57. The van der Waals surface area contributed by atoms with Gasteiger partial charge in [0.25, 0.3) is 0 Å². The summed E-state index contributed by atoms with van der Waals surface area (Å²) in [6.45, 7) is 3.48. The molecular formula is C18H28N4O3. The molecule has 7 nitrogen and oxygen atoms in total. The molecule has 1 saturated carbocycles. The molecule has 138 valence electrons. The molecule has 2 heterocycles. The normalized spacial score (nSPS) is 20.5. The minimum atomic E-state index is 0.172. The largest absolute Gasteiger partial charge is 0.469 e. The Balaban J connectivity index is 1.39. The van der Waals surface area contributed by atoms with Crippen molar-refractivity contribution in [2.75, 3.05) is 32.8 Å². The number of nitrogens with zero attached hydrogens (tertiary/aromatic N) is 1. The minimum Gasteiger partial charge on any atom is -0.469 e. The number of ether oxygens (including phenoxy) is 1. The van der Waals surface area contributed by atoms with Crippen molar-refractivity contribution in [3.05, 3.63) is 24.2 Å². The van der Waals surface area contributed by atoms with Gasteiger partial charge in [-0.05, 0) is 37.8 Å². The van der Waals surface area contributed by atoms with E-state index in [1.165, 1.54) is 0 Å². The molecule has 1 unspecified atom stereocenters. The lowest BCUT2D eigenvalue weighted by Crippen LogP contribution is -2.42. The van der Waals surface area contributed by atoms with E-state index in [-0.39, 0.29) is 17.9 Å². The Kier molecular flexibility index (Phi) is 6.73. The van der Waals surface area contributed by atoms with Crippen molar-refractivity contribution >= 4 is 11.9 Å². The number of rotatable bonds is 9. The smallest absolute Gasteiger partial charge is 0.223 e. The Bertz CT molecular complexity index is 549. The second-order valence-corrected chi connectivity index (χ2v) is 6.57. The third-order valence-corrected chi connectivity index (χ3v) is 4.39. The van der Waals surface area contributed by atoms with Crippen LogP contribution in [0.2, 0.25) is 0 Å². The Labute approximate surface area is 148 Å². The highest BCUT2D eigenvalue weighted by atomic mass is 16.5. The van der Waals surface area contributed by atoms with Crippen LogP contribution < -0.4 is 16.0 Å². The fraction of sp³-hybridized carbons (Fsp3) is 0.667. The number of aliphatic imine (C=N–C) groups is 1. The number of hydrogen-bond acceptors (Lipinski definition) is 4. The molecule has 3 N–H and O–H groups in total. The first-order valence-electron chi connectivity index (χ1n) is 9.25. The standard InChI is InChI=1S/C18H28N4O3/c23-17(14-5-6-14)19-9-10-21-18(22-13-16-4-2-12-25-16)20-8-7-15-3-1-11-24-15/h1,3,11,14,16H,2,4-10,12-13H2,(H,19,23)(H2,20,21,22). The van der Waals surface area contributed by atoms with Gasteiger partial charge in [-0.3, -0.25) is 9.79 Å². The quantitative estimate of drug-likeness (QED) is 0.353. The molecular weight excluding hydrogens is 320 g/mol. The number of furan rings is 1. The lowest BCUT2D eigenvalue weighted by molar-refractivity contribution is -0.122. The maximum absolute atomic E-state index is 11.6. The van der Waals surface area contributed by atoms with Crippen LogP contribution in [0.15, 0.2) is 27.8 Å². The number of hydrogen-bond donors (Lipinski definition) is 3. The topological polar surface area (TPSA) is 87.9 Å². The van der Waals surface area contributed by atoms with Gasteiger partial charge in [0.05, 0.1) is 18.9 Å². The Morgan fingerprint density at radius 2 is 2.00 bits per heavy atom. The molecule has 7 heteroatoms. The average molecular weight is 348 g/mol. The zero-order valence-corrected chi connectivity index (χ0v) is 14.6. The van der Waals surface area contributed by atoms with Gasteiger partial charge in [-0.25, -0.2) is 0 Å². The van der Waals surface area contributed by atoms with Crippen molar-refractivity contribution in [2.45, 2.75) is 38.2 Å². The number of guanidine groups is 1. The third-order valence-electron chi connectivity index (χ3n) is 4.39. The first-order chi connectivity index (χ1) is 12.3. The number of carbonyl (C=O) groups excluding carboxylic acids is 1. The fourth-order valence-corrected chi connectivity index (χ4v) is 2.77. The van der Waals surface area contributed by atoms with Gasteiger partial charge in [0.15, 0.2) is 5.96 Å². The predicted octanol–water partition coefficient (Wildman–Crippen LogP) is 1.06. The lowest BCUT2D eigenvalue weighted by atomic mass is 10.2. The molecule has 2 fully saturated rings. The van der Waals surface area contributed by atoms with Crippen LogP contribution in [-0.2, 0) is 16.0 Å². The molecule has 0 radical (unpaired) electrons. The van der Waals surface area contributed by atoms with E-state index in [4.69, 9.17) is 9.15 Å². The number of nitrogens with one attached hydrogen (secondary N) is 3. The maximum atomic E-state index is 11.6. The monoisotopic (exact) mass is 348 g/mol. The molecule has 3 rings (SSSR count). The molecule has 1 aromatic heterocycles. The first-order valence-corrected chi connectivity index (χ1v) is 9.25. The van der Waals surface area contributed by atoms with Crippen LogP contribution >= 0.6 is 0 Å². The van der Waals surface area contributed by atoms with E-state index in [0.717, 1.165) is 57.0 Å². The summed E-state index contributed by atoms with van der Waals surface area (Å²) in [5, 5.41) is 9.54. The van der Waals surface area contributed by atoms with Crippen molar-refractivity contribution in [3.8, 4) is 0 Å². The van der Waals surface area contributed by atoms with E-state index in [2.05, 4.69) is 20.9 Å². The van der Waals surface area contributed by atoms with Crippen LogP contribution in [0.1, 0.15) is 31.4 Å². The van der Waals surface area contributed by atoms with Crippen LogP contribution in [0, 0.1) is 5.92 Å². The van der Waals surface area contributed by atoms with Gasteiger partial charge in [-0.2, -0.15) is 0 Å². The number of amides is 1. The second kappa shape index (κ2) is 9.46. The SMILES string of the molecule is O=C(NCCNC(=NCC1CCCO1)NCCc1ccco1)C1CC1. The van der Waals surface area contributed by atoms with Gasteiger partial charge in [-0.1, -0.05) is 0 Å². The van der Waals surface area contributed by atoms with Gasteiger partial charge in [0.1, 0.15) is 5.76 Å². The molecule has 1 aromatic rings. The Hall–Kier alpha value is -2.02. The maximum Gasteiger partial charge on any atom is 0.223 e. The summed E-state index contributed by atoms with van der Waals surface area (Å²) in [4.78, 5) is 16.3. The highest BCUT2D eigenvalue weighted by Crippen LogP contribution is 2.28. The molecule has 25 heavy (non-hydrogen) atoms. The summed E-state index contributed by atoms with van der Waals surface area (Å²) in [5.74, 6) is 2.12. The van der Waals surface area contributed by atoms with Crippen LogP contribution in [-0.4, -0.2) is 50.8 Å². The highest BCUT2D eigenvalue weighted by Gasteiger charge is 2.28. The minimum absolute atomic E-state index is 0.172. The fourth-order valence-electron chi connectivity index (χ4n) is 2.77. The first kappa shape index (κ1) is 17.8. The summed E-state index contributed by atoms with van der Waals surface area (Å²) in [6, 6.07) is 3.86. The lowest BCUT2D eigenvalue weighted by Gasteiger charge is -2.14. The van der Waals surface area contributed by atoms with E-state index in [9.17, 15) is 4.79 Å². The highest BCUT2D eigenvalue weighted by molar-refractivity contribution is 5.81. The van der Waals surface area contributed by atoms with Gasteiger partial charge in [-0.15, -0.1) is 0 Å². The van der Waals surface area contributed by atoms with Crippen molar-refractivity contribution in [1.82, 2.24) is 16.0 Å². The third kappa shape index (κ3) is 6.42. The van der Waals surface area contributed by atoms with E-state index >= 15 is 0 Å². The number of carbonyl (C=O) groups is 1. The molecule has 1 atom stereocenters. The van der Waals surface area contributed by atoms with Crippen molar-refractivity contribution in [1.29, 1.82) is 0 Å². The molecule has 1 saturated heterocycles. The van der Waals surface area contributed by atoms with E-state index in [0.29, 0.717) is 19.6 Å². The summed E-state index contributed by atoms with van der Waals surface area (Å²) >= 11 is 0. The molecule has 1 aliphatic carbocycles. The van der Waals surface area contributed by atoms with Crippen LogP contribution in [0.25, 0.3) is 0 Å². The van der Waals surface area contributed by atoms with Gasteiger partial charge >= 0.3 is 0 Å². The van der Waals surface area contributed by atoms with Gasteiger partial charge < -0.3 is 25.1 Å². The van der Waals surface area contributed by atoms with Gasteiger partial charge in [0, 0.05) is 38.6 Å². The molecule has 0 aromatic carbocycles. The van der Waals surface area contributed by atoms with Gasteiger partial charge in [0.2, 0.25) is 5.91 Å². The summed E-state index contributed by atoms with van der Waals surface area (Å²) in [5.41, 5.74) is 0. The Morgan fingerprint density at radius 3 is 2.72 bits per heavy atom. The van der Waals surface area contributed by atoms with E-state index in [1.807, 2.05) is 12.1 Å². The zero-order chi connectivity index (χ0) is 17.3. The predicted molar refractivity (Wildman–Crippen MR) is 95.4 cm³/mol. The van der Waals surface area contributed by atoms with Crippen LogP contribution in [0.3, 0.4) is 0 Å². The van der Waals surface area contributed by atoms with Crippen molar-refractivity contribution in [2.24, 2.45) is 10.9 Å². The van der Waals surface area contributed by atoms with E-state index in [1.54, 1.807) is 6.26 Å². The zero-order valence-electron chi connectivity index (χ0n) is 14.6. The molecule has 0 spiro atoms. The summed E-state index contributed by atoms with van der Waals surface area (Å²) in [7, 11) is 0. The average Bonchev–Trinajstić information content (AvgIpc) is 3.10. The van der Waals surface area contributed by atoms with Crippen LogP contribution in [0.4, 0.5) is 0 Å². The van der Waals surface area contributed by atoms with E-state index < -0.39 is 0 Å². The summed E-state index contributed by atoms with van der Waals surface area (Å²) in [6.07, 6.45) is 6.94. The molecule has 0 bridgehead atoms.